The first-order valence-electron chi connectivity index (χ1n) is 6.11. The zero-order valence-electron chi connectivity index (χ0n) is 11.0. The van der Waals surface area contributed by atoms with Gasteiger partial charge >= 0.3 is 0 Å². The van der Waals surface area contributed by atoms with E-state index in [1.54, 1.807) is 6.07 Å². The predicted octanol–water partition coefficient (Wildman–Crippen LogP) is 2.43. The summed E-state index contributed by atoms with van der Waals surface area (Å²) in [4.78, 5) is 23.1. The average molecular weight is 334 g/mol. The summed E-state index contributed by atoms with van der Waals surface area (Å²) < 4.78 is 0.803. The van der Waals surface area contributed by atoms with E-state index in [9.17, 15) is 9.59 Å². The van der Waals surface area contributed by atoms with Crippen molar-refractivity contribution in [2.75, 3.05) is 5.32 Å². The number of H-pyrrole nitrogens is 1. The van der Waals surface area contributed by atoms with Gasteiger partial charge in [-0.1, -0.05) is 0 Å². The summed E-state index contributed by atoms with van der Waals surface area (Å²) in [7, 11) is 0. The largest absolute Gasteiger partial charge is 0.324 e. The Labute approximate surface area is 123 Å². The van der Waals surface area contributed by atoms with Gasteiger partial charge in [-0.05, 0) is 53.5 Å². The summed E-state index contributed by atoms with van der Waals surface area (Å²) in [5.74, 6) is -0.0280. The zero-order valence-corrected chi connectivity index (χ0v) is 12.5. The summed E-state index contributed by atoms with van der Waals surface area (Å²) in [5.41, 5.74) is 2.38. The second kappa shape index (κ2) is 4.28. The van der Waals surface area contributed by atoms with Gasteiger partial charge in [-0.25, -0.2) is 5.10 Å². The van der Waals surface area contributed by atoms with Gasteiger partial charge in [0.25, 0.3) is 5.56 Å². The number of nitrogens with zero attached hydrogens (tertiary/aromatic N) is 1. The molecule has 2 aromatic rings. The number of nitrogens with one attached hydrogen (secondary N) is 2. The van der Waals surface area contributed by atoms with Crippen LogP contribution in [0.25, 0.3) is 11.3 Å². The van der Waals surface area contributed by atoms with Crippen molar-refractivity contribution >= 4 is 27.5 Å². The number of aromatic nitrogens is 2. The van der Waals surface area contributed by atoms with Gasteiger partial charge in [-0.2, -0.15) is 5.10 Å². The molecule has 1 aromatic heterocycles. The highest BCUT2D eigenvalue weighted by atomic mass is 79.9. The molecule has 6 heteroatoms. The molecule has 0 spiro atoms. The molecule has 3 rings (SSSR count). The summed E-state index contributed by atoms with van der Waals surface area (Å²) in [6.07, 6.45) is 0. The molecule has 0 saturated carbocycles. The number of benzene rings is 1. The van der Waals surface area contributed by atoms with Gasteiger partial charge in [0.15, 0.2) is 0 Å². The minimum atomic E-state index is -0.587. The maximum absolute atomic E-state index is 12.0. The van der Waals surface area contributed by atoms with Gasteiger partial charge in [0, 0.05) is 16.1 Å². The van der Waals surface area contributed by atoms with Gasteiger partial charge in [0.2, 0.25) is 5.91 Å². The van der Waals surface area contributed by atoms with Crippen molar-refractivity contribution in [1.82, 2.24) is 10.2 Å². The smallest absolute Gasteiger partial charge is 0.264 e. The molecule has 0 unspecified atom stereocenters. The van der Waals surface area contributed by atoms with E-state index >= 15 is 0 Å². The van der Waals surface area contributed by atoms with Crippen LogP contribution in [0.2, 0.25) is 0 Å². The number of aromatic amines is 1. The van der Waals surface area contributed by atoms with E-state index in [0.717, 1.165) is 21.3 Å². The molecular formula is C14H12BrN3O2. The molecule has 0 radical (unpaired) electrons. The summed E-state index contributed by atoms with van der Waals surface area (Å²) in [5, 5.41) is 9.31. The lowest BCUT2D eigenvalue weighted by molar-refractivity contribution is -0.119. The molecule has 0 aliphatic carbocycles. The number of amides is 1. The fraction of sp³-hybridized carbons (Fsp3) is 0.214. The molecule has 102 valence electrons. The molecule has 1 amide bonds. The number of hydrogen-bond acceptors (Lipinski definition) is 3. The number of hydrogen-bond donors (Lipinski definition) is 2. The van der Waals surface area contributed by atoms with Crippen molar-refractivity contribution in [2.45, 2.75) is 19.3 Å². The van der Waals surface area contributed by atoms with Crippen molar-refractivity contribution in [1.29, 1.82) is 0 Å². The number of fused-ring (bicyclic) bond motifs is 1. The second-order valence-electron chi connectivity index (χ2n) is 5.27. The lowest BCUT2D eigenvalue weighted by atomic mass is 9.85. The molecule has 1 aliphatic heterocycles. The van der Waals surface area contributed by atoms with Crippen LogP contribution in [-0.2, 0) is 10.2 Å². The van der Waals surface area contributed by atoms with Crippen molar-refractivity contribution in [3.05, 3.63) is 44.7 Å². The SMILES string of the molecule is CC1(C)C(=O)Nc2c(Br)cc(-c3ccc(=O)[nH]n3)cc21. The predicted molar refractivity (Wildman–Crippen MR) is 79.6 cm³/mol. The zero-order chi connectivity index (χ0) is 14.5. The third-order valence-electron chi connectivity index (χ3n) is 3.54. The Bertz CT molecular complexity index is 760. The Balaban J connectivity index is 2.20. The average Bonchev–Trinajstić information content (AvgIpc) is 2.63. The van der Waals surface area contributed by atoms with Crippen LogP contribution in [0.5, 0.6) is 0 Å². The van der Waals surface area contributed by atoms with Gasteiger partial charge in [0.05, 0.1) is 16.8 Å². The molecular weight excluding hydrogens is 322 g/mol. The standard InChI is InChI=1S/C14H12BrN3O2/c1-14(2)8-5-7(10-3-4-11(19)18-17-10)6-9(15)12(8)16-13(14)20/h3-6H,1-2H3,(H,16,20)(H,18,19). The molecule has 0 bridgehead atoms. The minimum Gasteiger partial charge on any atom is -0.324 e. The Morgan fingerprint density at radius 2 is 1.95 bits per heavy atom. The Kier molecular flexibility index (Phi) is 2.79. The molecule has 0 fully saturated rings. The summed E-state index contributed by atoms with van der Waals surface area (Å²) in [6.45, 7) is 3.76. The number of rotatable bonds is 1. The Morgan fingerprint density at radius 1 is 1.20 bits per heavy atom. The number of halogens is 1. The lowest BCUT2D eigenvalue weighted by Gasteiger charge is -2.16. The van der Waals surface area contributed by atoms with Crippen molar-refractivity contribution in [2.24, 2.45) is 0 Å². The highest BCUT2D eigenvalue weighted by molar-refractivity contribution is 9.10. The van der Waals surface area contributed by atoms with E-state index in [4.69, 9.17) is 0 Å². The van der Waals surface area contributed by atoms with E-state index in [-0.39, 0.29) is 11.5 Å². The summed E-state index contributed by atoms with van der Waals surface area (Å²) in [6, 6.07) is 6.89. The van der Waals surface area contributed by atoms with Crippen LogP contribution in [-0.4, -0.2) is 16.1 Å². The van der Waals surface area contributed by atoms with Crippen LogP contribution in [0.15, 0.2) is 33.5 Å². The van der Waals surface area contributed by atoms with E-state index < -0.39 is 5.41 Å². The van der Waals surface area contributed by atoms with E-state index in [2.05, 4.69) is 31.4 Å². The molecule has 5 nitrogen and oxygen atoms in total. The monoisotopic (exact) mass is 333 g/mol. The normalized spacial score (nSPS) is 15.8. The molecule has 0 saturated heterocycles. The fourth-order valence-electron chi connectivity index (χ4n) is 2.27. The van der Waals surface area contributed by atoms with Crippen LogP contribution in [0.3, 0.4) is 0 Å². The second-order valence-corrected chi connectivity index (χ2v) is 6.12. The first kappa shape index (κ1) is 13.1. The first-order chi connectivity index (χ1) is 9.39. The van der Waals surface area contributed by atoms with Crippen molar-refractivity contribution < 1.29 is 4.79 Å². The van der Waals surface area contributed by atoms with Gasteiger partial charge in [0.1, 0.15) is 0 Å². The summed E-state index contributed by atoms with van der Waals surface area (Å²) >= 11 is 3.47. The van der Waals surface area contributed by atoms with Crippen LogP contribution in [0.1, 0.15) is 19.4 Å². The van der Waals surface area contributed by atoms with Crippen LogP contribution in [0.4, 0.5) is 5.69 Å². The van der Waals surface area contributed by atoms with Crippen LogP contribution in [0, 0.1) is 0 Å². The van der Waals surface area contributed by atoms with Crippen LogP contribution >= 0.6 is 15.9 Å². The van der Waals surface area contributed by atoms with Crippen LogP contribution < -0.4 is 10.9 Å². The van der Waals surface area contributed by atoms with E-state index in [1.165, 1.54) is 6.07 Å². The number of carbonyl (C=O) groups excluding carboxylic acids is 1. The quantitative estimate of drug-likeness (QED) is 0.841. The molecule has 20 heavy (non-hydrogen) atoms. The maximum Gasteiger partial charge on any atom is 0.264 e. The third-order valence-corrected chi connectivity index (χ3v) is 4.17. The molecule has 0 atom stereocenters. The van der Waals surface area contributed by atoms with Crippen molar-refractivity contribution in [3.63, 3.8) is 0 Å². The van der Waals surface area contributed by atoms with Crippen molar-refractivity contribution in [3.8, 4) is 11.3 Å². The number of anilines is 1. The maximum atomic E-state index is 12.0. The van der Waals surface area contributed by atoms with Gasteiger partial charge < -0.3 is 5.32 Å². The fourth-order valence-corrected chi connectivity index (χ4v) is 2.83. The lowest BCUT2D eigenvalue weighted by Crippen LogP contribution is -2.26. The van der Waals surface area contributed by atoms with E-state index in [1.807, 2.05) is 26.0 Å². The molecule has 2 heterocycles. The van der Waals surface area contributed by atoms with E-state index in [0.29, 0.717) is 5.69 Å². The third kappa shape index (κ3) is 1.87. The molecule has 2 N–H and O–H groups in total. The number of carbonyl (C=O) groups is 1. The molecule has 1 aromatic carbocycles. The Morgan fingerprint density at radius 3 is 2.60 bits per heavy atom. The highest BCUT2D eigenvalue weighted by Crippen LogP contribution is 2.43. The highest BCUT2D eigenvalue weighted by Gasteiger charge is 2.39. The molecule has 1 aliphatic rings. The topological polar surface area (TPSA) is 74.8 Å². The first-order valence-corrected chi connectivity index (χ1v) is 6.90. The van der Waals surface area contributed by atoms with Gasteiger partial charge in [-0.15, -0.1) is 0 Å². The van der Waals surface area contributed by atoms with Gasteiger partial charge in [-0.3, -0.25) is 9.59 Å². The minimum absolute atomic E-state index is 0.0280. The Hall–Kier alpha value is -1.95.